The SMILES string of the molecule is CN1CCC(NC=O)C(c2ccccc2)C1. The Morgan fingerprint density at radius 3 is 2.81 bits per heavy atom. The number of piperidine rings is 1. The molecule has 1 aliphatic heterocycles. The van der Waals surface area contributed by atoms with E-state index in [2.05, 4.69) is 41.5 Å². The molecule has 2 rings (SSSR count). The third kappa shape index (κ3) is 2.42. The van der Waals surface area contributed by atoms with E-state index in [1.807, 2.05) is 6.07 Å². The van der Waals surface area contributed by atoms with Gasteiger partial charge in [0, 0.05) is 18.5 Å². The van der Waals surface area contributed by atoms with Crippen LogP contribution in [0.4, 0.5) is 0 Å². The Balaban J connectivity index is 2.17. The minimum absolute atomic E-state index is 0.274. The molecule has 3 heteroatoms. The predicted molar refractivity (Wildman–Crippen MR) is 64.3 cm³/mol. The zero-order valence-electron chi connectivity index (χ0n) is 9.60. The number of rotatable bonds is 3. The summed E-state index contributed by atoms with van der Waals surface area (Å²) in [5, 5.41) is 2.95. The number of amides is 1. The number of likely N-dealkylation sites (tertiary alicyclic amines) is 1. The molecule has 1 saturated heterocycles. The van der Waals surface area contributed by atoms with E-state index < -0.39 is 0 Å². The molecule has 0 radical (unpaired) electrons. The number of nitrogens with one attached hydrogen (secondary N) is 1. The van der Waals surface area contributed by atoms with Gasteiger partial charge in [-0.3, -0.25) is 4.79 Å². The van der Waals surface area contributed by atoms with Crippen molar-refractivity contribution in [2.75, 3.05) is 20.1 Å². The first-order chi connectivity index (χ1) is 7.81. The molecule has 3 nitrogen and oxygen atoms in total. The van der Waals surface area contributed by atoms with Gasteiger partial charge in [-0.2, -0.15) is 0 Å². The van der Waals surface area contributed by atoms with Crippen molar-refractivity contribution in [3.63, 3.8) is 0 Å². The van der Waals surface area contributed by atoms with Crippen LogP contribution in [-0.2, 0) is 4.79 Å². The highest BCUT2D eigenvalue weighted by atomic mass is 16.1. The molecular weight excluding hydrogens is 200 g/mol. The van der Waals surface area contributed by atoms with Crippen LogP contribution in [0.15, 0.2) is 30.3 Å². The maximum atomic E-state index is 10.6. The molecule has 1 fully saturated rings. The lowest BCUT2D eigenvalue weighted by atomic mass is 9.86. The third-order valence-electron chi connectivity index (χ3n) is 3.33. The van der Waals surface area contributed by atoms with Gasteiger partial charge in [0.05, 0.1) is 0 Å². The van der Waals surface area contributed by atoms with Gasteiger partial charge in [-0.25, -0.2) is 0 Å². The fraction of sp³-hybridized carbons (Fsp3) is 0.462. The summed E-state index contributed by atoms with van der Waals surface area (Å²) in [6.07, 6.45) is 1.85. The summed E-state index contributed by atoms with van der Waals surface area (Å²) in [5.41, 5.74) is 1.31. The maximum Gasteiger partial charge on any atom is 0.207 e. The Labute approximate surface area is 96.5 Å². The normalized spacial score (nSPS) is 26.3. The van der Waals surface area contributed by atoms with Crippen LogP contribution in [0.3, 0.4) is 0 Å². The van der Waals surface area contributed by atoms with Gasteiger partial charge in [0.2, 0.25) is 6.41 Å². The minimum Gasteiger partial charge on any atom is -0.355 e. The first-order valence-electron chi connectivity index (χ1n) is 5.74. The van der Waals surface area contributed by atoms with E-state index >= 15 is 0 Å². The van der Waals surface area contributed by atoms with Crippen LogP contribution in [0.25, 0.3) is 0 Å². The van der Waals surface area contributed by atoms with E-state index in [1.165, 1.54) is 5.56 Å². The van der Waals surface area contributed by atoms with Crippen molar-refractivity contribution < 1.29 is 4.79 Å². The lowest BCUT2D eigenvalue weighted by Gasteiger charge is -2.36. The molecule has 1 aromatic carbocycles. The molecule has 1 aliphatic rings. The summed E-state index contributed by atoms with van der Waals surface area (Å²) in [6.45, 7) is 2.06. The van der Waals surface area contributed by atoms with Crippen LogP contribution in [-0.4, -0.2) is 37.5 Å². The van der Waals surface area contributed by atoms with E-state index in [0.717, 1.165) is 25.9 Å². The number of likely N-dealkylation sites (N-methyl/N-ethyl adjacent to an activating group) is 1. The number of nitrogens with zero attached hydrogens (tertiary/aromatic N) is 1. The average molecular weight is 218 g/mol. The van der Waals surface area contributed by atoms with Crippen molar-refractivity contribution in [1.82, 2.24) is 10.2 Å². The topological polar surface area (TPSA) is 32.3 Å². The Bertz CT molecular complexity index is 339. The fourth-order valence-corrected chi connectivity index (χ4v) is 2.44. The zero-order valence-corrected chi connectivity index (χ0v) is 9.60. The number of carbonyl (C=O) groups excluding carboxylic acids is 1. The summed E-state index contributed by atoms with van der Waals surface area (Å²) in [7, 11) is 2.13. The highest BCUT2D eigenvalue weighted by Gasteiger charge is 2.28. The van der Waals surface area contributed by atoms with E-state index in [4.69, 9.17) is 0 Å². The van der Waals surface area contributed by atoms with E-state index in [1.54, 1.807) is 0 Å². The van der Waals surface area contributed by atoms with Gasteiger partial charge in [0.1, 0.15) is 0 Å². The average Bonchev–Trinajstić information content (AvgIpc) is 2.33. The molecule has 1 heterocycles. The standard InChI is InChI=1S/C13H18N2O/c1-15-8-7-13(14-10-16)12(9-15)11-5-3-2-4-6-11/h2-6,10,12-13H,7-9H2,1H3,(H,14,16). The summed E-state index contributed by atoms with van der Waals surface area (Å²) in [4.78, 5) is 12.9. The van der Waals surface area contributed by atoms with Crippen LogP contribution in [0.1, 0.15) is 17.9 Å². The number of hydrogen-bond acceptors (Lipinski definition) is 2. The van der Waals surface area contributed by atoms with Crippen molar-refractivity contribution in [2.45, 2.75) is 18.4 Å². The largest absolute Gasteiger partial charge is 0.355 e. The smallest absolute Gasteiger partial charge is 0.207 e. The lowest BCUT2D eigenvalue weighted by Crippen LogP contribution is -2.46. The monoisotopic (exact) mass is 218 g/mol. The van der Waals surface area contributed by atoms with Gasteiger partial charge in [-0.1, -0.05) is 30.3 Å². The van der Waals surface area contributed by atoms with E-state index in [-0.39, 0.29) is 6.04 Å². The molecular formula is C13H18N2O. The van der Waals surface area contributed by atoms with Crippen LogP contribution in [0.5, 0.6) is 0 Å². The van der Waals surface area contributed by atoms with Crippen LogP contribution < -0.4 is 5.32 Å². The van der Waals surface area contributed by atoms with Gasteiger partial charge in [0.15, 0.2) is 0 Å². The number of carbonyl (C=O) groups is 1. The summed E-state index contributed by atoms with van der Waals surface area (Å²) < 4.78 is 0. The van der Waals surface area contributed by atoms with Gasteiger partial charge in [0.25, 0.3) is 0 Å². The van der Waals surface area contributed by atoms with Crippen LogP contribution in [0.2, 0.25) is 0 Å². The third-order valence-corrected chi connectivity index (χ3v) is 3.33. The Hall–Kier alpha value is -1.35. The highest BCUT2D eigenvalue weighted by molar-refractivity contribution is 5.47. The van der Waals surface area contributed by atoms with Crippen molar-refractivity contribution in [3.05, 3.63) is 35.9 Å². The van der Waals surface area contributed by atoms with Crippen molar-refractivity contribution in [1.29, 1.82) is 0 Å². The van der Waals surface area contributed by atoms with Crippen LogP contribution >= 0.6 is 0 Å². The quantitative estimate of drug-likeness (QED) is 0.774. The molecule has 0 spiro atoms. The van der Waals surface area contributed by atoms with Crippen molar-refractivity contribution >= 4 is 6.41 Å². The molecule has 1 amide bonds. The van der Waals surface area contributed by atoms with E-state index in [0.29, 0.717) is 5.92 Å². The predicted octanol–water partition coefficient (Wildman–Crippen LogP) is 1.22. The first-order valence-corrected chi connectivity index (χ1v) is 5.74. The summed E-state index contributed by atoms with van der Waals surface area (Å²) in [5.74, 6) is 0.408. The molecule has 0 bridgehead atoms. The highest BCUT2D eigenvalue weighted by Crippen LogP contribution is 2.26. The molecule has 0 aliphatic carbocycles. The van der Waals surface area contributed by atoms with Crippen LogP contribution in [0, 0.1) is 0 Å². The van der Waals surface area contributed by atoms with Gasteiger partial charge in [-0.05, 0) is 25.6 Å². The molecule has 1 aromatic rings. The Kier molecular flexibility index (Phi) is 3.57. The second-order valence-corrected chi connectivity index (χ2v) is 4.46. The molecule has 0 saturated carbocycles. The molecule has 16 heavy (non-hydrogen) atoms. The Morgan fingerprint density at radius 2 is 2.12 bits per heavy atom. The number of benzene rings is 1. The number of hydrogen-bond donors (Lipinski definition) is 1. The summed E-state index contributed by atoms with van der Waals surface area (Å²) >= 11 is 0. The second-order valence-electron chi connectivity index (χ2n) is 4.46. The van der Waals surface area contributed by atoms with Crippen molar-refractivity contribution in [3.8, 4) is 0 Å². The fourth-order valence-electron chi connectivity index (χ4n) is 2.44. The zero-order chi connectivity index (χ0) is 11.4. The maximum absolute atomic E-state index is 10.6. The second kappa shape index (κ2) is 5.12. The van der Waals surface area contributed by atoms with Gasteiger partial charge < -0.3 is 10.2 Å². The van der Waals surface area contributed by atoms with Gasteiger partial charge in [-0.15, -0.1) is 0 Å². The minimum atomic E-state index is 0.274. The molecule has 2 atom stereocenters. The summed E-state index contributed by atoms with van der Waals surface area (Å²) in [6, 6.07) is 10.7. The Morgan fingerprint density at radius 1 is 1.38 bits per heavy atom. The molecule has 1 N–H and O–H groups in total. The van der Waals surface area contributed by atoms with Gasteiger partial charge >= 0.3 is 0 Å². The molecule has 0 aromatic heterocycles. The molecule has 86 valence electrons. The first kappa shape index (κ1) is 11.1. The molecule has 2 unspecified atom stereocenters. The lowest BCUT2D eigenvalue weighted by molar-refractivity contribution is -0.110. The van der Waals surface area contributed by atoms with Crippen molar-refractivity contribution in [2.24, 2.45) is 0 Å². The van der Waals surface area contributed by atoms with E-state index in [9.17, 15) is 4.79 Å².